The number of carbonyl (C=O) groups is 2. The Kier molecular flexibility index (Phi) is 4.55. The van der Waals surface area contributed by atoms with Gasteiger partial charge in [0.15, 0.2) is 0 Å². The number of anilines is 1. The van der Waals surface area contributed by atoms with Crippen LogP contribution in [0.4, 0.5) is 5.69 Å². The van der Waals surface area contributed by atoms with Crippen LogP contribution in [0, 0.1) is 6.92 Å². The monoisotopic (exact) mass is 304 g/mol. The molecule has 0 unspecified atom stereocenters. The predicted octanol–water partition coefficient (Wildman–Crippen LogP) is 2.77. The summed E-state index contributed by atoms with van der Waals surface area (Å²) in [5.74, 6) is -1.49. The van der Waals surface area contributed by atoms with Crippen molar-refractivity contribution in [3.63, 3.8) is 0 Å². The van der Waals surface area contributed by atoms with Crippen molar-refractivity contribution < 1.29 is 14.7 Å². The Morgan fingerprint density at radius 2 is 1.90 bits per heavy atom. The zero-order valence-corrected chi connectivity index (χ0v) is 12.0. The van der Waals surface area contributed by atoms with E-state index < -0.39 is 18.4 Å². The van der Waals surface area contributed by atoms with Crippen molar-refractivity contribution in [1.82, 2.24) is 4.98 Å². The van der Waals surface area contributed by atoms with Gasteiger partial charge in [0.25, 0.3) is 5.91 Å². The van der Waals surface area contributed by atoms with E-state index in [1.807, 2.05) is 0 Å². The van der Waals surface area contributed by atoms with E-state index in [0.717, 1.165) is 0 Å². The van der Waals surface area contributed by atoms with Crippen molar-refractivity contribution in [1.29, 1.82) is 0 Å². The first-order valence-electron chi connectivity index (χ1n) is 6.19. The zero-order valence-electron chi connectivity index (χ0n) is 11.3. The van der Waals surface area contributed by atoms with E-state index in [2.05, 4.69) is 4.98 Å². The van der Waals surface area contributed by atoms with Crippen LogP contribution in [0.2, 0.25) is 5.02 Å². The normalized spacial score (nSPS) is 10.2. The molecule has 0 saturated heterocycles. The number of hydrogen-bond acceptors (Lipinski definition) is 3. The van der Waals surface area contributed by atoms with Crippen molar-refractivity contribution in [2.45, 2.75) is 6.92 Å². The standard InChI is InChI=1S/C15H13ClN2O3/c1-10-8-11(6-7-17-10)15(21)18(9-14(19)20)13-4-2-12(16)3-5-13/h2-8H,9H2,1H3,(H,19,20). The van der Waals surface area contributed by atoms with Crippen molar-refractivity contribution in [2.24, 2.45) is 0 Å². The lowest BCUT2D eigenvalue weighted by atomic mass is 10.2. The summed E-state index contributed by atoms with van der Waals surface area (Å²) in [5.41, 5.74) is 1.55. The smallest absolute Gasteiger partial charge is 0.323 e. The molecule has 0 saturated carbocycles. The minimum atomic E-state index is -1.09. The zero-order chi connectivity index (χ0) is 15.4. The van der Waals surface area contributed by atoms with E-state index in [-0.39, 0.29) is 0 Å². The van der Waals surface area contributed by atoms with Crippen molar-refractivity contribution in [3.8, 4) is 0 Å². The lowest BCUT2D eigenvalue weighted by Gasteiger charge is -2.21. The molecule has 0 spiro atoms. The van der Waals surface area contributed by atoms with Crippen molar-refractivity contribution in [2.75, 3.05) is 11.4 Å². The summed E-state index contributed by atoms with van der Waals surface area (Å²) in [6.45, 7) is 1.34. The maximum atomic E-state index is 12.5. The molecule has 0 aliphatic rings. The predicted molar refractivity (Wildman–Crippen MR) is 79.7 cm³/mol. The van der Waals surface area contributed by atoms with E-state index >= 15 is 0 Å². The second-order valence-corrected chi connectivity index (χ2v) is 4.88. The SMILES string of the molecule is Cc1cc(C(=O)N(CC(=O)O)c2ccc(Cl)cc2)ccn1. The fourth-order valence-electron chi connectivity index (χ4n) is 1.87. The van der Waals surface area contributed by atoms with Crippen LogP contribution in [0.1, 0.15) is 16.1 Å². The molecule has 0 bridgehead atoms. The number of carbonyl (C=O) groups excluding carboxylic acids is 1. The Balaban J connectivity index is 2.38. The topological polar surface area (TPSA) is 70.5 Å². The number of aromatic nitrogens is 1. The molecule has 0 aliphatic carbocycles. The second-order valence-electron chi connectivity index (χ2n) is 4.45. The highest BCUT2D eigenvalue weighted by Gasteiger charge is 2.20. The van der Waals surface area contributed by atoms with Crippen LogP contribution in [0.5, 0.6) is 0 Å². The van der Waals surface area contributed by atoms with Gasteiger partial charge < -0.3 is 5.11 Å². The Morgan fingerprint density at radius 3 is 2.48 bits per heavy atom. The lowest BCUT2D eigenvalue weighted by molar-refractivity contribution is -0.135. The summed E-state index contributed by atoms with van der Waals surface area (Å²) in [7, 11) is 0. The summed E-state index contributed by atoms with van der Waals surface area (Å²) < 4.78 is 0. The highest BCUT2D eigenvalue weighted by molar-refractivity contribution is 6.30. The van der Waals surface area contributed by atoms with E-state index in [1.54, 1.807) is 43.3 Å². The molecule has 0 aliphatic heterocycles. The number of aryl methyl sites for hydroxylation is 1. The fourth-order valence-corrected chi connectivity index (χ4v) is 2.00. The molecule has 2 aromatic rings. The highest BCUT2D eigenvalue weighted by Crippen LogP contribution is 2.20. The number of carboxylic acid groups (broad SMARTS) is 1. The summed E-state index contributed by atoms with van der Waals surface area (Å²) >= 11 is 5.81. The van der Waals surface area contributed by atoms with Gasteiger partial charge in [0.05, 0.1) is 0 Å². The highest BCUT2D eigenvalue weighted by atomic mass is 35.5. The van der Waals surface area contributed by atoms with Crippen molar-refractivity contribution >= 4 is 29.2 Å². The molecule has 21 heavy (non-hydrogen) atoms. The van der Waals surface area contributed by atoms with Gasteiger partial charge in [-0.05, 0) is 43.3 Å². The van der Waals surface area contributed by atoms with Crippen molar-refractivity contribution in [3.05, 3.63) is 58.9 Å². The van der Waals surface area contributed by atoms with E-state index in [4.69, 9.17) is 16.7 Å². The fraction of sp³-hybridized carbons (Fsp3) is 0.133. The number of halogens is 1. The number of aliphatic carboxylic acids is 1. The number of amides is 1. The van der Waals surface area contributed by atoms with Crippen LogP contribution in [0.3, 0.4) is 0 Å². The Bertz CT molecular complexity index is 671. The molecule has 108 valence electrons. The third-order valence-corrected chi connectivity index (χ3v) is 3.07. The summed E-state index contributed by atoms with van der Waals surface area (Å²) in [4.78, 5) is 28.8. The summed E-state index contributed by atoms with van der Waals surface area (Å²) in [6, 6.07) is 9.61. The van der Waals surface area contributed by atoms with Crippen LogP contribution in [-0.4, -0.2) is 28.5 Å². The quantitative estimate of drug-likeness (QED) is 0.943. The first kappa shape index (κ1) is 15.0. The van der Waals surface area contributed by atoms with Gasteiger partial charge in [0.1, 0.15) is 6.54 Å². The Labute approximate surface area is 126 Å². The van der Waals surface area contributed by atoms with Gasteiger partial charge in [-0.15, -0.1) is 0 Å². The van der Waals surface area contributed by atoms with Gasteiger partial charge in [-0.25, -0.2) is 0 Å². The molecule has 2 rings (SSSR count). The molecule has 0 atom stereocenters. The number of rotatable bonds is 4. The molecule has 6 heteroatoms. The molecular weight excluding hydrogens is 292 g/mol. The average Bonchev–Trinajstić information content (AvgIpc) is 2.45. The Morgan fingerprint density at radius 1 is 1.24 bits per heavy atom. The van der Waals surface area contributed by atoms with Gasteiger partial charge in [-0.1, -0.05) is 11.6 Å². The molecule has 5 nitrogen and oxygen atoms in total. The lowest BCUT2D eigenvalue weighted by Crippen LogP contribution is -2.35. The number of carboxylic acids is 1. The summed E-state index contributed by atoms with van der Waals surface area (Å²) in [5, 5.41) is 9.53. The average molecular weight is 305 g/mol. The maximum Gasteiger partial charge on any atom is 0.323 e. The molecule has 1 aromatic heterocycles. The molecule has 1 aromatic carbocycles. The van der Waals surface area contributed by atoms with Gasteiger partial charge in [0, 0.05) is 28.2 Å². The third kappa shape index (κ3) is 3.79. The molecule has 0 radical (unpaired) electrons. The first-order valence-corrected chi connectivity index (χ1v) is 6.57. The maximum absolute atomic E-state index is 12.5. The van der Waals surface area contributed by atoms with Crippen LogP contribution in [-0.2, 0) is 4.79 Å². The van der Waals surface area contributed by atoms with Crippen LogP contribution in [0.25, 0.3) is 0 Å². The minimum Gasteiger partial charge on any atom is -0.480 e. The first-order chi connectivity index (χ1) is 9.97. The molecule has 0 fully saturated rings. The number of benzene rings is 1. The molecule has 1 amide bonds. The van der Waals surface area contributed by atoms with Gasteiger partial charge in [-0.3, -0.25) is 19.5 Å². The Hall–Kier alpha value is -2.40. The number of hydrogen-bond donors (Lipinski definition) is 1. The van der Waals surface area contributed by atoms with E-state index in [1.165, 1.54) is 11.1 Å². The third-order valence-electron chi connectivity index (χ3n) is 2.82. The van der Waals surface area contributed by atoms with Crippen LogP contribution >= 0.6 is 11.6 Å². The van der Waals surface area contributed by atoms with E-state index in [0.29, 0.717) is 22.0 Å². The van der Waals surface area contributed by atoms with E-state index in [9.17, 15) is 9.59 Å². The largest absolute Gasteiger partial charge is 0.480 e. The van der Waals surface area contributed by atoms with Gasteiger partial charge in [-0.2, -0.15) is 0 Å². The minimum absolute atomic E-state index is 0.388. The number of pyridine rings is 1. The molecular formula is C15H13ClN2O3. The number of nitrogens with zero attached hydrogens (tertiary/aromatic N) is 2. The van der Waals surface area contributed by atoms with Gasteiger partial charge >= 0.3 is 5.97 Å². The summed E-state index contributed by atoms with van der Waals surface area (Å²) in [6.07, 6.45) is 1.52. The molecule has 1 N–H and O–H groups in total. The van der Waals surface area contributed by atoms with Gasteiger partial charge in [0.2, 0.25) is 0 Å². The van der Waals surface area contributed by atoms with Crippen LogP contribution in [0.15, 0.2) is 42.6 Å². The molecule has 1 heterocycles. The van der Waals surface area contributed by atoms with Crippen LogP contribution < -0.4 is 4.90 Å². The second kappa shape index (κ2) is 6.37.